The van der Waals surface area contributed by atoms with Crippen LogP contribution in [0, 0.1) is 11.6 Å². The lowest BCUT2D eigenvalue weighted by Gasteiger charge is -2.16. The van der Waals surface area contributed by atoms with Crippen molar-refractivity contribution in [3.63, 3.8) is 0 Å². The average molecular weight is 288 g/mol. The first-order valence-electron chi connectivity index (χ1n) is 5.60. The molecule has 0 aliphatic carbocycles. The van der Waals surface area contributed by atoms with Gasteiger partial charge in [0.15, 0.2) is 0 Å². The van der Waals surface area contributed by atoms with Gasteiger partial charge in [-0.25, -0.2) is 8.78 Å². The van der Waals surface area contributed by atoms with Crippen molar-refractivity contribution in [2.45, 2.75) is 12.3 Å². The van der Waals surface area contributed by atoms with Crippen molar-refractivity contribution in [3.05, 3.63) is 70.8 Å². The third-order valence-electron chi connectivity index (χ3n) is 2.82. The number of benzene rings is 2. The summed E-state index contributed by atoms with van der Waals surface area (Å²) in [7, 11) is 0. The van der Waals surface area contributed by atoms with Crippen molar-refractivity contribution in [3.8, 4) is 0 Å². The minimum atomic E-state index is -4.96. The van der Waals surface area contributed by atoms with Crippen molar-refractivity contribution in [2.75, 3.05) is 0 Å². The molecule has 0 radical (unpaired) electrons. The number of rotatable bonds is 2. The van der Waals surface area contributed by atoms with Crippen molar-refractivity contribution >= 4 is 0 Å². The van der Waals surface area contributed by atoms with Crippen LogP contribution in [0.1, 0.15) is 22.8 Å². The van der Waals surface area contributed by atoms with E-state index in [9.17, 15) is 27.1 Å². The van der Waals surface area contributed by atoms with Crippen LogP contribution >= 0.6 is 0 Å². The molecule has 0 aliphatic heterocycles. The Morgan fingerprint density at radius 2 is 1.50 bits per heavy atom. The standard InChI is InChI=1S/C14H9F5O/c15-10-7-6-9(14(17,18)19)12(16)11(10)13(20)8-4-2-1-3-5-8/h1-7,13,20H. The zero-order valence-corrected chi connectivity index (χ0v) is 9.96. The van der Waals surface area contributed by atoms with Gasteiger partial charge in [0.1, 0.15) is 17.7 Å². The Morgan fingerprint density at radius 1 is 0.900 bits per heavy atom. The summed E-state index contributed by atoms with van der Waals surface area (Å²) < 4.78 is 65.2. The smallest absolute Gasteiger partial charge is 0.383 e. The van der Waals surface area contributed by atoms with Crippen LogP contribution in [0.15, 0.2) is 42.5 Å². The highest BCUT2D eigenvalue weighted by Crippen LogP contribution is 2.36. The molecular formula is C14H9F5O. The molecule has 0 heterocycles. The van der Waals surface area contributed by atoms with Gasteiger partial charge in [0.2, 0.25) is 0 Å². The van der Waals surface area contributed by atoms with Gasteiger partial charge in [0, 0.05) is 0 Å². The van der Waals surface area contributed by atoms with E-state index in [1.54, 1.807) is 6.07 Å². The quantitative estimate of drug-likeness (QED) is 0.826. The first-order chi connectivity index (χ1) is 9.32. The predicted octanol–water partition coefficient (Wildman–Crippen LogP) is 4.07. The van der Waals surface area contributed by atoms with Crippen LogP contribution in [0.4, 0.5) is 22.0 Å². The van der Waals surface area contributed by atoms with Gasteiger partial charge in [-0.1, -0.05) is 30.3 Å². The van der Waals surface area contributed by atoms with Crippen LogP contribution in [-0.4, -0.2) is 5.11 Å². The molecule has 0 aromatic heterocycles. The lowest BCUT2D eigenvalue weighted by molar-refractivity contribution is -0.140. The van der Waals surface area contributed by atoms with Crippen LogP contribution < -0.4 is 0 Å². The Hall–Kier alpha value is -1.95. The van der Waals surface area contributed by atoms with Gasteiger partial charge in [-0.05, 0) is 17.7 Å². The summed E-state index contributed by atoms with van der Waals surface area (Å²) in [6.07, 6.45) is -6.76. The number of hydrogen-bond acceptors (Lipinski definition) is 1. The normalized spacial score (nSPS) is 13.3. The number of aliphatic hydroxyl groups excluding tert-OH is 1. The average Bonchev–Trinajstić information content (AvgIpc) is 2.38. The third-order valence-corrected chi connectivity index (χ3v) is 2.82. The molecule has 20 heavy (non-hydrogen) atoms. The van der Waals surface area contributed by atoms with E-state index >= 15 is 0 Å². The second kappa shape index (κ2) is 5.20. The summed E-state index contributed by atoms with van der Waals surface area (Å²) in [4.78, 5) is 0. The molecule has 0 bridgehead atoms. The van der Waals surface area contributed by atoms with Crippen LogP contribution in [0.25, 0.3) is 0 Å². The van der Waals surface area contributed by atoms with E-state index in [0.717, 1.165) is 0 Å². The second-order valence-corrected chi connectivity index (χ2v) is 4.13. The molecule has 0 fully saturated rings. The van der Waals surface area contributed by atoms with Crippen molar-refractivity contribution < 1.29 is 27.1 Å². The minimum Gasteiger partial charge on any atom is -0.383 e. The molecule has 0 aliphatic rings. The lowest BCUT2D eigenvalue weighted by Crippen LogP contribution is -2.14. The molecule has 2 rings (SSSR count). The van der Waals surface area contributed by atoms with Gasteiger partial charge in [-0.3, -0.25) is 0 Å². The van der Waals surface area contributed by atoms with E-state index in [0.29, 0.717) is 12.1 Å². The number of alkyl halides is 3. The second-order valence-electron chi connectivity index (χ2n) is 4.13. The molecule has 2 aromatic carbocycles. The van der Waals surface area contributed by atoms with E-state index < -0.39 is 35.0 Å². The molecule has 6 heteroatoms. The Bertz CT molecular complexity index is 607. The van der Waals surface area contributed by atoms with Crippen LogP contribution in [0.2, 0.25) is 0 Å². The van der Waals surface area contributed by atoms with E-state index in [2.05, 4.69) is 0 Å². The first-order valence-corrected chi connectivity index (χ1v) is 5.60. The van der Waals surface area contributed by atoms with Gasteiger partial charge in [0.05, 0.1) is 11.1 Å². The molecule has 1 N–H and O–H groups in total. The monoisotopic (exact) mass is 288 g/mol. The maximum absolute atomic E-state index is 13.8. The summed E-state index contributed by atoms with van der Waals surface area (Å²) in [5.74, 6) is -3.03. The molecule has 106 valence electrons. The third kappa shape index (κ3) is 2.65. The van der Waals surface area contributed by atoms with Gasteiger partial charge in [0.25, 0.3) is 0 Å². The highest BCUT2D eigenvalue weighted by Gasteiger charge is 2.37. The fourth-order valence-corrected chi connectivity index (χ4v) is 1.84. The molecule has 0 spiro atoms. The Morgan fingerprint density at radius 3 is 2.05 bits per heavy atom. The highest BCUT2D eigenvalue weighted by atomic mass is 19.4. The summed E-state index contributed by atoms with van der Waals surface area (Å²) in [6.45, 7) is 0. The van der Waals surface area contributed by atoms with Crippen LogP contribution in [-0.2, 0) is 6.18 Å². The summed E-state index contributed by atoms with van der Waals surface area (Å²) in [6, 6.07) is 8.14. The fourth-order valence-electron chi connectivity index (χ4n) is 1.84. The Kier molecular flexibility index (Phi) is 3.76. The molecule has 0 amide bonds. The van der Waals surface area contributed by atoms with Crippen LogP contribution in [0.5, 0.6) is 0 Å². The van der Waals surface area contributed by atoms with E-state index in [4.69, 9.17) is 0 Å². The zero-order chi connectivity index (χ0) is 14.9. The van der Waals surface area contributed by atoms with Crippen molar-refractivity contribution in [1.82, 2.24) is 0 Å². The predicted molar refractivity (Wildman–Crippen MR) is 61.9 cm³/mol. The Balaban J connectivity index is 2.57. The number of halogens is 5. The minimum absolute atomic E-state index is 0.102. The highest BCUT2D eigenvalue weighted by molar-refractivity contribution is 5.36. The lowest BCUT2D eigenvalue weighted by atomic mass is 9.98. The maximum Gasteiger partial charge on any atom is 0.419 e. The SMILES string of the molecule is OC(c1ccccc1)c1c(F)ccc(C(F)(F)F)c1F. The summed E-state index contributed by atoms with van der Waals surface area (Å²) in [5.41, 5.74) is -2.51. The molecule has 1 nitrogen and oxygen atoms in total. The Labute approximate surface area is 111 Å². The van der Waals surface area contributed by atoms with Gasteiger partial charge < -0.3 is 5.11 Å². The molecule has 0 saturated heterocycles. The van der Waals surface area contributed by atoms with E-state index in [1.165, 1.54) is 24.3 Å². The maximum atomic E-state index is 13.8. The van der Waals surface area contributed by atoms with E-state index in [-0.39, 0.29) is 5.56 Å². The molecule has 2 aromatic rings. The largest absolute Gasteiger partial charge is 0.419 e. The fraction of sp³-hybridized carbons (Fsp3) is 0.143. The van der Waals surface area contributed by atoms with Gasteiger partial charge in [-0.2, -0.15) is 13.2 Å². The van der Waals surface area contributed by atoms with Gasteiger partial charge in [-0.15, -0.1) is 0 Å². The van der Waals surface area contributed by atoms with Gasteiger partial charge >= 0.3 is 6.18 Å². The molecular weight excluding hydrogens is 279 g/mol. The number of aliphatic hydroxyl groups is 1. The summed E-state index contributed by atoms with van der Waals surface area (Å²) in [5, 5.41) is 9.90. The van der Waals surface area contributed by atoms with Crippen molar-refractivity contribution in [2.24, 2.45) is 0 Å². The zero-order valence-electron chi connectivity index (χ0n) is 9.96. The first kappa shape index (κ1) is 14.5. The molecule has 1 unspecified atom stereocenters. The van der Waals surface area contributed by atoms with E-state index in [1.807, 2.05) is 0 Å². The van der Waals surface area contributed by atoms with Crippen LogP contribution in [0.3, 0.4) is 0 Å². The molecule has 1 atom stereocenters. The van der Waals surface area contributed by atoms with Crippen molar-refractivity contribution in [1.29, 1.82) is 0 Å². The topological polar surface area (TPSA) is 20.2 Å². The molecule has 0 saturated carbocycles. The summed E-state index contributed by atoms with van der Waals surface area (Å²) >= 11 is 0. The number of hydrogen-bond donors (Lipinski definition) is 1.